The molecule has 0 atom stereocenters. The zero-order valence-electron chi connectivity index (χ0n) is 12.1. The molecule has 0 spiro atoms. The van der Waals surface area contributed by atoms with E-state index in [1.165, 1.54) is 18.4 Å². The van der Waals surface area contributed by atoms with Crippen LogP contribution in [0.2, 0.25) is 0 Å². The van der Waals surface area contributed by atoms with E-state index in [9.17, 15) is 0 Å². The van der Waals surface area contributed by atoms with Crippen LogP contribution in [0.3, 0.4) is 0 Å². The molecule has 2 rings (SSSR count). The van der Waals surface area contributed by atoms with Crippen LogP contribution in [-0.2, 0) is 29.8 Å². The van der Waals surface area contributed by atoms with Gasteiger partial charge in [-0.25, -0.2) is 18.2 Å². The zero-order valence-corrected chi connectivity index (χ0v) is 17.6. The summed E-state index contributed by atoms with van der Waals surface area (Å²) >= 11 is 1.58. The van der Waals surface area contributed by atoms with Crippen LogP contribution in [0.5, 0.6) is 0 Å². The zero-order chi connectivity index (χ0) is 11.4. The molecule has 4 heteroatoms. The summed E-state index contributed by atoms with van der Waals surface area (Å²) in [4.78, 5) is 0. The molecule has 0 aliphatic heterocycles. The predicted octanol–water partition coefficient (Wildman–Crippen LogP) is 4.59. The fraction of sp³-hybridized carbons (Fsp3) is 0.200. The van der Waals surface area contributed by atoms with Crippen molar-refractivity contribution in [2.45, 2.75) is 19.8 Å². The van der Waals surface area contributed by atoms with Crippen LogP contribution >= 0.6 is 24.8 Å². The molecule has 0 aromatic heterocycles. The monoisotopic (exact) mass is 394 g/mol. The maximum Gasteiger partial charge on any atom is -0.172 e. The quantitative estimate of drug-likeness (QED) is 0.515. The first-order chi connectivity index (χ1) is 7.43. The standard InChI is InChI=1S/C8H11.C5H5.2CH3.2ClH.H2Si.Zr/c1-2-5-8-6-3-4-7-8;1-2-4-5-3-1;;;;;;/h3-4,6-7H,2,5H2,1H3;1-5H;2*1H3;2*1H;1H2;/q4*-1;;;;. The first-order valence-corrected chi connectivity index (χ1v) is 11.1. The first kappa shape index (κ1) is 31.7. The Morgan fingerprint density at radius 1 is 1.00 bits per heavy atom. The maximum atomic E-state index is 2.20. The first-order valence-electron chi connectivity index (χ1n) is 5.16. The van der Waals surface area contributed by atoms with Gasteiger partial charge in [0.15, 0.2) is 0 Å². The molecule has 0 aliphatic carbocycles. The summed E-state index contributed by atoms with van der Waals surface area (Å²) in [5.41, 5.74) is 1.47. The summed E-state index contributed by atoms with van der Waals surface area (Å²) in [6.07, 6.45) is 2.48. The summed E-state index contributed by atoms with van der Waals surface area (Å²) in [6, 6.07) is 18.5. The molecule has 0 heterocycles. The van der Waals surface area contributed by atoms with E-state index in [0.29, 0.717) is 0 Å². The fourth-order valence-corrected chi connectivity index (χ4v) is 1.19. The van der Waals surface area contributed by atoms with E-state index in [-0.39, 0.29) is 39.7 Å². The van der Waals surface area contributed by atoms with E-state index >= 15 is 0 Å². The Kier molecular flexibility index (Phi) is 44.7. The van der Waals surface area contributed by atoms with Gasteiger partial charge in [-0.05, 0) is 0 Å². The van der Waals surface area contributed by atoms with Crippen molar-refractivity contribution in [3.8, 4) is 0 Å². The molecule has 0 N–H and O–H groups in total. The van der Waals surface area contributed by atoms with Gasteiger partial charge < -0.3 is 14.9 Å². The molecule has 0 radical (unpaired) electrons. The van der Waals surface area contributed by atoms with Crippen LogP contribution in [0.25, 0.3) is 0 Å². The third-order valence-corrected chi connectivity index (χ3v) is 1.83. The van der Waals surface area contributed by atoms with E-state index in [2.05, 4.69) is 31.2 Å². The molecule has 112 valence electrons. The van der Waals surface area contributed by atoms with Gasteiger partial charge in [-0.3, -0.25) is 0 Å². The number of hydrogen-bond acceptors (Lipinski definition) is 0. The summed E-state index contributed by atoms with van der Waals surface area (Å²) in [5, 5.41) is 0. The number of aryl methyl sites for hydroxylation is 1. The van der Waals surface area contributed by atoms with E-state index in [1.807, 2.05) is 37.2 Å². The van der Waals surface area contributed by atoms with E-state index in [0.717, 1.165) is 0 Å². The normalized spacial score (nSPS) is 6.32. The Morgan fingerprint density at radius 3 is 1.79 bits per heavy atom. The average Bonchev–Trinajstić information content (AvgIpc) is 2.97. The molecule has 0 unspecified atom stereocenters. The molecule has 0 bridgehead atoms. The van der Waals surface area contributed by atoms with Crippen molar-refractivity contribution in [2.75, 3.05) is 0 Å². The summed E-state index contributed by atoms with van der Waals surface area (Å²) in [7, 11) is 0. The SMILES string of the molecule is CCCc1cc[cH-]c1.Cl.Cl.[CH3-].[CH3-].[SiH2]=[Zr].c1cc[cH-]c1. The minimum Gasteiger partial charge on any atom is -0.214 e. The molecule has 2 aromatic rings. The topological polar surface area (TPSA) is 0 Å². The van der Waals surface area contributed by atoms with Gasteiger partial charge in [0.1, 0.15) is 0 Å². The fourth-order valence-electron chi connectivity index (χ4n) is 1.19. The van der Waals surface area contributed by atoms with Crippen LogP contribution in [0.1, 0.15) is 18.9 Å². The number of halogens is 2. The molecule has 0 saturated heterocycles. The second kappa shape index (κ2) is 26.8. The van der Waals surface area contributed by atoms with Crippen molar-refractivity contribution in [1.29, 1.82) is 0 Å². The Morgan fingerprint density at radius 2 is 1.53 bits per heavy atom. The number of rotatable bonds is 2. The van der Waals surface area contributed by atoms with Crippen molar-refractivity contribution in [3.05, 3.63) is 75.0 Å². The van der Waals surface area contributed by atoms with Crippen molar-refractivity contribution in [2.24, 2.45) is 0 Å². The van der Waals surface area contributed by atoms with E-state index in [1.54, 1.807) is 23.3 Å². The second-order valence-corrected chi connectivity index (χ2v) is 3.01. The molecular formula is C15H26Cl2SiZr-4. The van der Waals surface area contributed by atoms with Crippen molar-refractivity contribution >= 4 is 31.7 Å². The van der Waals surface area contributed by atoms with Crippen LogP contribution in [0.4, 0.5) is 0 Å². The smallest absolute Gasteiger partial charge is 0.172 e. The maximum absolute atomic E-state index is 2.20. The van der Waals surface area contributed by atoms with Gasteiger partial charge >= 0.3 is 30.2 Å². The van der Waals surface area contributed by atoms with Crippen LogP contribution in [-0.4, -0.2) is 6.88 Å². The van der Waals surface area contributed by atoms with Gasteiger partial charge in [-0.1, -0.05) is 19.8 Å². The van der Waals surface area contributed by atoms with E-state index < -0.39 is 0 Å². The van der Waals surface area contributed by atoms with Gasteiger partial charge in [-0.15, -0.1) is 24.8 Å². The third-order valence-electron chi connectivity index (χ3n) is 1.83. The van der Waals surface area contributed by atoms with Gasteiger partial charge in [0.05, 0.1) is 0 Å². The minimum absolute atomic E-state index is 0. The van der Waals surface area contributed by atoms with Crippen molar-refractivity contribution in [1.82, 2.24) is 0 Å². The second-order valence-electron chi connectivity index (χ2n) is 3.01. The molecule has 0 saturated carbocycles. The van der Waals surface area contributed by atoms with Crippen molar-refractivity contribution < 1.29 is 23.3 Å². The van der Waals surface area contributed by atoms with Crippen molar-refractivity contribution in [3.63, 3.8) is 0 Å². The Labute approximate surface area is 149 Å². The average molecular weight is 397 g/mol. The largest absolute Gasteiger partial charge is 0.214 e. The third kappa shape index (κ3) is 20.8. The summed E-state index contributed by atoms with van der Waals surface area (Å²) in [5.74, 6) is 0. The predicted molar refractivity (Wildman–Crippen MR) is 93.9 cm³/mol. The van der Waals surface area contributed by atoms with Gasteiger partial charge in [-0.2, -0.15) is 42.0 Å². The molecule has 2 aromatic carbocycles. The Bertz CT molecular complexity index is 277. The Hall–Kier alpha value is 0.380. The van der Waals surface area contributed by atoms with E-state index in [4.69, 9.17) is 0 Å². The molecule has 19 heavy (non-hydrogen) atoms. The summed E-state index contributed by atoms with van der Waals surface area (Å²) in [6.45, 7) is 4.15. The van der Waals surface area contributed by atoms with Crippen LogP contribution < -0.4 is 0 Å². The van der Waals surface area contributed by atoms with Gasteiger partial charge in [0, 0.05) is 0 Å². The number of hydrogen-bond donors (Lipinski definition) is 0. The molecular weight excluding hydrogens is 370 g/mol. The summed E-state index contributed by atoms with van der Waals surface area (Å²) < 4.78 is 0. The van der Waals surface area contributed by atoms with Crippen LogP contribution in [0, 0.1) is 14.9 Å². The van der Waals surface area contributed by atoms with Crippen LogP contribution in [0.15, 0.2) is 54.6 Å². The molecule has 0 amide bonds. The molecule has 0 aliphatic rings. The minimum atomic E-state index is 0. The Balaban J connectivity index is -0.0000000534. The molecule has 0 nitrogen and oxygen atoms in total. The van der Waals surface area contributed by atoms with Gasteiger partial charge in [0.2, 0.25) is 0 Å². The molecule has 0 fully saturated rings. The van der Waals surface area contributed by atoms with Gasteiger partial charge in [0.25, 0.3) is 0 Å².